The molecule has 4 N–H and O–H groups in total. The average molecular weight is 565 g/mol. The molecule has 12 nitrogen and oxygen atoms in total. The summed E-state index contributed by atoms with van der Waals surface area (Å²) >= 11 is 0. The van der Waals surface area contributed by atoms with E-state index < -0.39 is 24.0 Å². The summed E-state index contributed by atoms with van der Waals surface area (Å²) < 4.78 is 13.0. The second kappa shape index (κ2) is 13.8. The summed E-state index contributed by atoms with van der Waals surface area (Å²) in [6, 6.07) is 11.2. The zero-order valence-electron chi connectivity index (χ0n) is 23.4. The van der Waals surface area contributed by atoms with Gasteiger partial charge in [0.05, 0.1) is 32.0 Å². The van der Waals surface area contributed by atoms with Gasteiger partial charge >= 0.3 is 0 Å². The monoisotopic (exact) mass is 564 g/mol. The summed E-state index contributed by atoms with van der Waals surface area (Å²) in [4.78, 5) is 40.8. The van der Waals surface area contributed by atoms with Gasteiger partial charge in [0.2, 0.25) is 11.8 Å². The maximum Gasteiger partial charge on any atom is 0.252 e. The first-order chi connectivity index (χ1) is 19.7. The Hall–Kier alpha value is -4.42. The average Bonchev–Trinajstić information content (AvgIpc) is 3.48. The fraction of sp³-hybridized carbons (Fsp3) is 0.379. The maximum absolute atomic E-state index is 13.0. The van der Waals surface area contributed by atoms with Crippen LogP contribution in [0.2, 0.25) is 0 Å². The molecule has 0 aliphatic carbocycles. The van der Waals surface area contributed by atoms with E-state index in [4.69, 9.17) is 9.47 Å². The second-order valence-corrected chi connectivity index (χ2v) is 9.82. The molecule has 2 bridgehead atoms. The standard InChI is InChI=1S/C29H36N6O6/c1-19-5-6-21-16-25(19)41-14-11-30-26(37)18-34(13-10-31-29(39)27(20(2)36)33-28(21)38)17-22-15-23(40-3)7-8-24(22)35-12-4-9-32-35/h4-9,12,15-16,20,27,36H,10-11,13-14,17-18H2,1-3H3,(H,30,37)(H,31,39)(H,33,38)/t20-,27+/m1/s1. The van der Waals surface area contributed by atoms with Gasteiger partial charge in [0.15, 0.2) is 0 Å². The third kappa shape index (κ3) is 7.83. The third-order valence-corrected chi connectivity index (χ3v) is 6.71. The normalized spacial score (nSPS) is 18.3. The Balaban J connectivity index is 1.57. The van der Waals surface area contributed by atoms with Crippen LogP contribution >= 0.6 is 0 Å². The van der Waals surface area contributed by atoms with Gasteiger partial charge < -0.3 is 30.5 Å². The SMILES string of the molecule is COc1ccc(-n2cccn2)c(CN2CCNC(=O)[C@H]([C@@H](C)O)NC(=O)c3ccc(C)c(c3)OCCNC(=O)C2)c1. The van der Waals surface area contributed by atoms with Gasteiger partial charge in [-0.3, -0.25) is 19.3 Å². The molecule has 12 heteroatoms. The second-order valence-electron chi connectivity index (χ2n) is 9.82. The molecular formula is C29H36N6O6. The van der Waals surface area contributed by atoms with Crippen LogP contribution in [-0.2, 0) is 16.1 Å². The number of aliphatic hydroxyl groups is 1. The number of ether oxygens (including phenoxy) is 2. The minimum Gasteiger partial charge on any atom is -0.497 e. The summed E-state index contributed by atoms with van der Waals surface area (Å²) in [7, 11) is 1.58. The Bertz CT molecular complexity index is 1360. The Kier molecular flexibility index (Phi) is 9.93. The zero-order valence-corrected chi connectivity index (χ0v) is 23.4. The molecule has 0 saturated carbocycles. The van der Waals surface area contributed by atoms with Gasteiger partial charge in [-0.1, -0.05) is 6.07 Å². The summed E-state index contributed by atoms with van der Waals surface area (Å²) in [5, 5.41) is 22.9. The lowest BCUT2D eigenvalue weighted by atomic mass is 10.1. The molecule has 2 atom stereocenters. The van der Waals surface area contributed by atoms with Crippen molar-refractivity contribution in [3.8, 4) is 17.2 Å². The molecule has 3 amide bonds. The fourth-order valence-corrected chi connectivity index (χ4v) is 4.49. The number of amides is 3. The molecule has 2 heterocycles. The predicted molar refractivity (Wildman–Crippen MR) is 151 cm³/mol. The lowest BCUT2D eigenvalue weighted by molar-refractivity contribution is -0.125. The number of nitrogens with zero attached hydrogens (tertiary/aromatic N) is 3. The summed E-state index contributed by atoms with van der Waals surface area (Å²) in [5.41, 5.74) is 2.79. The minimum atomic E-state index is -1.18. The molecule has 1 aliphatic heterocycles. The van der Waals surface area contributed by atoms with Crippen LogP contribution < -0.4 is 25.4 Å². The topological polar surface area (TPSA) is 147 Å². The minimum absolute atomic E-state index is 0.0523. The lowest BCUT2D eigenvalue weighted by Gasteiger charge is -2.25. The highest BCUT2D eigenvalue weighted by atomic mass is 16.5. The van der Waals surface area contributed by atoms with Crippen molar-refractivity contribution >= 4 is 17.7 Å². The van der Waals surface area contributed by atoms with E-state index in [0.717, 1.165) is 16.8 Å². The van der Waals surface area contributed by atoms with E-state index in [9.17, 15) is 19.5 Å². The van der Waals surface area contributed by atoms with E-state index in [0.29, 0.717) is 24.6 Å². The first-order valence-electron chi connectivity index (χ1n) is 13.4. The van der Waals surface area contributed by atoms with Crippen LogP contribution in [0.25, 0.3) is 5.69 Å². The molecule has 0 fully saturated rings. The van der Waals surface area contributed by atoms with Crippen LogP contribution in [0.1, 0.15) is 28.4 Å². The predicted octanol–water partition coefficient (Wildman–Crippen LogP) is 0.796. The lowest BCUT2D eigenvalue weighted by Crippen LogP contribution is -2.53. The molecule has 0 radical (unpaired) electrons. The Morgan fingerprint density at radius 2 is 1.98 bits per heavy atom. The van der Waals surface area contributed by atoms with Crippen molar-refractivity contribution in [2.75, 3.05) is 39.9 Å². The number of fused-ring (bicyclic) bond motifs is 2. The number of nitrogens with one attached hydrogen (secondary N) is 3. The molecule has 3 aromatic rings. The van der Waals surface area contributed by atoms with E-state index >= 15 is 0 Å². The van der Waals surface area contributed by atoms with Crippen LogP contribution in [0.15, 0.2) is 54.9 Å². The molecule has 1 aliphatic rings. The van der Waals surface area contributed by atoms with Crippen LogP contribution in [-0.4, -0.2) is 89.5 Å². The maximum atomic E-state index is 13.0. The van der Waals surface area contributed by atoms with E-state index in [-0.39, 0.29) is 37.7 Å². The molecule has 0 saturated heterocycles. The molecule has 2 aromatic carbocycles. The van der Waals surface area contributed by atoms with E-state index in [2.05, 4.69) is 21.0 Å². The van der Waals surface area contributed by atoms with E-state index in [1.54, 1.807) is 36.2 Å². The fourth-order valence-electron chi connectivity index (χ4n) is 4.49. The van der Waals surface area contributed by atoms with Crippen LogP contribution in [0.5, 0.6) is 11.5 Å². The van der Waals surface area contributed by atoms with E-state index in [1.165, 1.54) is 6.92 Å². The van der Waals surface area contributed by atoms with Gasteiger partial charge in [-0.2, -0.15) is 5.10 Å². The number of methoxy groups -OCH3 is 1. The number of aryl methyl sites for hydroxylation is 1. The highest BCUT2D eigenvalue weighted by Gasteiger charge is 2.26. The van der Waals surface area contributed by atoms with Gasteiger partial charge in [0.1, 0.15) is 24.1 Å². The summed E-state index contributed by atoms with van der Waals surface area (Å²) in [6.45, 7) is 4.64. The largest absolute Gasteiger partial charge is 0.497 e. The number of hydrogen-bond donors (Lipinski definition) is 4. The van der Waals surface area contributed by atoms with Crippen molar-refractivity contribution in [2.45, 2.75) is 32.5 Å². The smallest absolute Gasteiger partial charge is 0.252 e. The van der Waals surface area contributed by atoms with Crippen LogP contribution in [0.4, 0.5) is 0 Å². The Morgan fingerprint density at radius 1 is 1.15 bits per heavy atom. The number of benzene rings is 2. The van der Waals surface area contributed by atoms with Gasteiger partial charge in [0.25, 0.3) is 5.91 Å². The molecule has 41 heavy (non-hydrogen) atoms. The third-order valence-electron chi connectivity index (χ3n) is 6.71. The van der Waals surface area contributed by atoms with Crippen molar-refractivity contribution in [1.29, 1.82) is 0 Å². The highest BCUT2D eigenvalue weighted by molar-refractivity contribution is 5.98. The van der Waals surface area contributed by atoms with Crippen molar-refractivity contribution in [3.05, 3.63) is 71.5 Å². The number of carbonyl (C=O) groups is 3. The number of rotatable bonds is 5. The number of carbonyl (C=O) groups excluding carboxylic acids is 3. The molecule has 0 spiro atoms. The van der Waals surface area contributed by atoms with Crippen molar-refractivity contribution in [1.82, 2.24) is 30.6 Å². The molecule has 0 unspecified atom stereocenters. The molecule has 1 aromatic heterocycles. The molecular weight excluding hydrogens is 528 g/mol. The van der Waals surface area contributed by atoms with E-state index in [1.807, 2.05) is 42.3 Å². The quantitative estimate of drug-likeness (QED) is 0.356. The first kappa shape index (κ1) is 29.6. The summed E-state index contributed by atoms with van der Waals surface area (Å²) in [5.74, 6) is -0.119. The molecule has 4 rings (SSSR count). The van der Waals surface area contributed by atoms with Gasteiger partial charge in [-0.25, -0.2) is 4.68 Å². The van der Waals surface area contributed by atoms with Crippen molar-refractivity contribution < 1.29 is 29.0 Å². The number of aromatic nitrogens is 2. The highest BCUT2D eigenvalue weighted by Crippen LogP contribution is 2.23. The van der Waals surface area contributed by atoms with Gasteiger partial charge in [0, 0.05) is 37.6 Å². The first-order valence-corrected chi connectivity index (χ1v) is 13.4. The van der Waals surface area contributed by atoms with Crippen LogP contribution in [0, 0.1) is 6.92 Å². The van der Waals surface area contributed by atoms with Crippen molar-refractivity contribution in [3.63, 3.8) is 0 Å². The summed E-state index contributed by atoms with van der Waals surface area (Å²) in [6.07, 6.45) is 2.37. The number of aliphatic hydroxyl groups excluding tert-OH is 1. The van der Waals surface area contributed by atoms with Gasteiger partial charge in [-0.05, 0) is 61.4 Å². The van der Waals surface area contributed by atoms with Crippen LogP contribution in [0.3, 0.4) is 0 Å². The Morgan fingerprint density at radius 3 is 2.71 bits per heavy atom. The van der Waals surface area contributed by atoms with Gasteiger partial charge in [-0.15, -0.1) is 0 Å². The Labute approximate surface area is 238 Å². The number of hydrogen-bond acceptors (Lipinski definition) is 8. The molecule has 218 valence electrons. The van der Waals surface area contributed by atoms with Crippen molar-refractivity contribution in [2.24, 2.45) is 0 Å². The zero-order chi connectivity index (χ0) is 29.4.